The molecule has 0 aliphatic rings. The van der Waals surface area contributed by atoms with E-state index in [4.69, 9.17) is 14.2 Å². The molecule has 0 aliphatic carbocycles. The van der Waals surface area contributed by atoms with Gasteiger partial charge in [-0.15, -0.1) is 0 Å². The molecule has 0 spiro atoms. The summed E-state index contributed by atoms with van der Waals surface area (Å²) in [7, 11) is 0. The summed E-state index contributed by atoms with van der Waals surface area (Å²) in [6, 6.07) is 15.0. The van der Waals surface area contributed by atoms with E-state index in [1.54, 1.807) is 6.21 Å². The van der Waals surface area contributed by atoms with Crippen molar-refractivity contribution in [1.29, 1.82) is 0 Å². The average molecular weight is 342 g/mol. The number of hydrogen-bond acceptors (Lipinski definition) is 5. The number of hydrogen-bond donors (Lipinski definition) is 1. The lowest BCUT2D eigenvalue weighted by Gasteiger charge is -2.13. The molecule has 0 bridgehead atoms. The fourth-order valence-corrected chi connectivity index (χ4v) is 2.02. The van der Waals surface area contributed by atoms with Crippen LogP contribution in [0.4, 0.5) is 0 Å². The third-order valence-corrected chi connectivity index (χ3v) is 3.06. The van der Waals surface area contributed by atoms with Crippen molar-refractivity contribution in [1.82, 2.24) is 5.43 Å². The molecular formula is C19H22N2O4. The highest BCUT2D eigenvalue weighted by molar-refractivity contribution is 5.82. The molecule has 25 heavy (non-hydrogen) atoms. The number of nitrogens with zero attached hydrogens (tertiary/aromatic N) is 1. The maximum Gasteiger partial charge on any atom is 0.236 e. The van der Waals surface area contributed by atoms with Crippen LogP contribution in [-0.4, -0.2) is 31.9 Å². The molecule has 132 valence electrons. The van der Waals surface area contributed by atoms with Crippen LogP contribution >= 0.6 is 0 Å². The van der Waals surface area contributed by atoms with Crippen LogP contribution in [0.1, 0.15) is 19.4 Å². The number of rotatable bonds is 9. The van der Waals surface area contributed by atoms with E-state index in [-0.39, 0.29) is 5.91 Å². The molecule has 2 aromatic carbocycles. The van der Waals surface area contributed by atoms with E-state index in [1.807, 2.05) is 55.5 Å². The fraction of sp³-hybridized carbons (Fsp3) is 0.263. The second-order valence-corrected chi connectivity index (χ2v) is 5.08. The Morgan fingerprint density at radius 3 is 2.52 bits per heavy atom. The van der Waals surface area contributed by atoms with Crippen molar-refractivity contribution < 1.29 is 19.0 Å². The third-order valence-electron chi connectivity index (χ3n) is 3.06. The van der Waals surface area contributed by atoms with Crippen LogP contribution in [0.3, 0.4) is 0 Å². The maximum absolute atomic E-state index is 10.8. The second-order valence-electron chi connectivity index (χ2n) is 5.08. The molecule has 0 aromatic heterocycles. The molecule has 0 aliphatic heterocycles. The van der Waals surface area contributed by atoms with Gasteiger partial charge in [0.25, 0.3) is 0 Å². The molecule has 2 aromatic rings. The largest absolute Gasteiger partial charge is 0.490 e. The van der Waals surface area contributed by atoms with Gasteiger partial charge in [-0.05, 0) is 42.8 Å². The first kappa shape index (κ1) is 18.3. The highest BCUT2D eigenvalue weighted by atomic mass is 16.5. The minimum absolute atomic E-state index is 0.223. The summed E-state index contributed by atoms with van der Waals surface area (Å²) < 4.78 is 17.0. The van der Waals surface area contributed by atoms with Gasteiger partial charge in [0, 0.05) is 6.92 Å². The van der Waals surface area contributed by atoms with Crippen LogP contribution in [0, 0.1) is 0 Å². The van der Waals surface area contributed by atoms with Gasteiger partial charge in [0.1, 0.15) is 19.0 Å². The molecule has 6 heteroatoms. The van der Waals surface area contributed by atoms with Crippen LogP contribution in [0.2, 0.25) is 0 Å². The lowest BCUT2D eigenvalue weighted by Crippen LogP contribution is -2.12. The minimum atomic E-state index is -0.223. The fourth-order valence-electron chi connectivity index (χ4n) is 2.02. The monoisotopic (exact) mass is 342 g/mol. The van der Waals surface area contributed by atoms with Crippen molar-refractivity contribution in [2.75, 3.05) is 19.8 Å². The summed E-state index contributed by atoms with van der Waals surface area (Å²) in [5.41, 5.74) is 3.16. The van der Waals surface area contributed by atoms with Gasteiger partial charge in [-0.2, -0.15) is 5.10 Å². The smallest absolute Gasteiger partial charge is 0.236 e. The molecule has 6 nitrogen and oxygen atoms in total. The highest BCUT2D eigenvalue weighted by Crippen LogP contribution is 2.28. The quantitative estimate of drug-likeness (QED) is 0.432. The van der Waals surface area contributed by atoms with E-state index in [1.165, 1.54) is 6.92 Å². The molecule has 1 amide bonds. The van der Waals surface area contributed by atoms with Crippen molar-refractivity contribution in [3.63, 3.8) is 0 Å². The number of hydrazone groups is 1. The van der Waals surface area contributed by atoms with Gasteiger partial charge in [-0.25, -0.2) is 5.43 Å². The van der Waals surface area contributed by atoms with Gasteiger partial charge in [0.05, 0.1) is 12.8 Å². The summed E-state index contributed by atoms with van der Waals surface area (Å²) >= 11 is 0. The molecular weight excluding hydrogens is 320 g/mol. The normalized spacial score (nSPS) is 10.5. The van der Waals surface area contributed by atoms with Gasteiger partial charge < -0.3 is 14.2 Å². The number of ether oxygens (including phenoxy) is 3. The number of nitrogens with one attached hydrogen (secondary N) is 1. The van der Waals surface area contributed by atoms with Crippen molar-refractivity contribution in [3.8, 4) is 17.2 Å². The maximum atomic E-state index is 10.8. The van der Waals surface area contributed by atoms with Crippen molar-refractivity contribution in [2.24, 2.45) is 5.10 Å². The molecule has 0 atom stereocenters. The van der Waals surface area contributed by atoms with E-state index in [9.17, 15) is 4.79 Å². The Morgan fingerprint density at radius 2 is 1.80 bits per heavy atom. The lowest BCUT2D eigenvalue weighted by atomic mass is 10.2. The molecule has 0 saturated carbocycles. The first-order valence-electron chi connectivity index (χ1n) is 8.06. The number of benzene rings is 2. The van der Waals surface area contributed by atoms with Crippen molar-refractivity contribution in [2.45, 2.75) is 13.8 Å². The molecule has 0 unspecified atom stereocenters. The first-order valence-corrected chi connectivity index (χ1v) is 8.06. The second kappa shape index (κ2) is 9.97. The zero-order chi connectivity index (χ0) is 17.9. The number of carbonyl (C=O) groups excluding carboxylic acids is 1. The van der Waals surface area contributed by atoms with Gasteiger partial charge in [-0.3, -0.25) is 4.79 Å². The predicted octanol–water partition coefficient (Wildman–Crippen LogP) is 3.01. The van der Waals surface area contributed by atoms with Crippen LogP contribution in [0.25, 0.3) is 0 Å². The summed E-state index contributed by atoms with van der Waals surface area (Å²) in [4.78, 5) is 10.8. The molecule has 0 saturated heterocycles. The molecule has 0 fully saturated rings. The van der Waals surface area contributed by atoms with E-state index in [0.29, 0.717) is 31.3 Å². The minimum Gasteiger partial charge on any atom is -0.490 e. The Kier molecular flexibility index (Phi) is 7.31. The topological polar surface area (TPSA) is 69.2 Å². The number of para-hydroxylation sites is 1. The zero-order valence-electron chi connectivity index (χ0n) is 14.4. The average Bonchev–Trinajstić information content (AvgIpc) is 2.61. The first-order chi connectivity index (χ1) is 12.2. The standard InChI is InChI=1S/C19H22N2O4/c1-3-23-19-13-16(14-20-21-15(2)22)9-10-18(19)25-12-11-24-17-7-5-4-6-8-17/h4-10,13-14H,3,11-12H2,1-2H3,(H,21,22)/b20-14-. The summed E-state index contributed by atoms with van der Waals surface area (Å²) in [6.45, 7) is 4.65. The Labute approximate surface area is 147 Å². The summed E-state index contributed by atoms with van der Waals surface area (Å²) in [5, 5.41) is 3.84. The van der Waals surface area contributed by atoms with Gasteiger partial charge in [0.15, 0.2) is 11.5 Å². The Hall–Kier alpha value is -3.02. The SMILES string of the molecule is CCOc1cc(/C=N\NC(C)=O)ccc1OCCOc1ccccc1. The van der Waals surface area contributed by atoms with E-state index >= 15 is 0 Å². The Bertz CT molecular complexity index is 702. The molecule has 1 N–H and O–H groups in total. The van der Waals surface area contributed by atoms with Crippen LogP contribution < -0.4 is 19.6 Å². The van der Waals surface area contributed by atoms with E-state index in [2.05, 4.69) is 10.5 Å². The van der Waals surface area contributed by atoms with Crippen LogP contribution in [0.15, 0.2) is 53.6 Å². The molecule has 0 heterocycles. The summed E-state index contributed by atoms with van der Waals surface area (Å²) in [6.07, 6.45) is 1.55. The van der Waals surface area contributed by atoms with Gasteiger partial charge in [0.2, 0.25) is 5.91 Å². The van der Waals surface area contributed by atoms with Gasteiger partial charge in [-0.1, -0.05) is 18.2 Å². The van der Waals surface area contributed by atoms with E-state index < -0.39 is 0 Å². The van der Waals surface area contributed by atoms with Crippen molar-refractivity contribution in [3.05, 3.63) is 54.1 Å². The zero-order valence-corrected chi connectivity index (χ0v) is 14.4. The predicted molar refractivity (Wildman–Crippen MR) is 96.5 cm³/mol. The molecule has 2 rings (SSSR count). The highest BCUT2D eigenvalue weighted by Gasteiger charge is 2.06. The van der Waals surface area contributed by atoms with Crippen molar-refractivity contribution >= 4 is 12.1 Å². The Balaban J connectivity index is 1.92. The lowest BCUT2D eigenvalue weighted by molar-refractivity contribution is -0.118. The van der Waals surface area contributed by atoms with E-state index in [0.717, 1.165) is 11.3 Å². The molecule has 0 radical (unpaired) electrons. The summed E-state index contributed by atoms with van der Waals surface area (Å²) in [5.74, 6) is 1.84. The number of carbonyl (C=O) groups is 1. The number of amides is 1. The van der Waals surface area contributed by atoms with Crippen LogP contribution in [-0.2, 0) is 4.79 Å². The third kappa shape index (κ3) is 6.55. The van der Waals surface area contributed by atoms with Gasteiger partial charge >= 0.3 is 0 Å². The van der Waals surface area contributed by atoms with Crippen LogP contribution in [0.5, 0.6) is 17.2 Å². The Morgan fingerprint density at radius 1 is 1.04 bits per heavy atom.